The third-order valence-electron chi connectivity index (χ3n) is 5.44. The molecule has 0 saturated carbocycles. The number of benzene rings is 2. The summed E-state index contributed by atoms with van der Waals surface area (Å²) in [5, 5.41) is 4.93. The second-order valence-electron chi connectivity index (χ2n) is 7.18. The highest BCUT2D eigenvalue weighted by atomic mass is 16.5. The number of hydrogen-bond donors (Lipinski definition) is 1. The predicted molar refractivity (Wildman–Crippen MR) is 98.9 cm³/mol. The molecule has 1 atom stereocenters. The number of carbonyl (C=O) groups is 2. The Morgan fingerprint density at radius 2 is 1.77 bits per heavy atom. The molecule has 6 heteroatoms. The minimum atomic E-state index is -1.04. The molecule has 2 aliphatic heterocycles. The topological polar surface area (TPSA) is 61.9 Å². The fourth-order valence-electron chi connectivity index (χ4n) is 3.81. The van der Waals surface area contributed by atoms with E-state index in [1.165, 1.54) is 4.90 Å². The van der Waals surface area contributed by atoms with E-state index in [1.54, 1.807) is 14.0 Å². The van der Waals surface area contributed by atoms with E-state index in [1.807, 2.05) is 36.4 Å². The van der Waals surface area contributed by atoms with Crippen molar-refractivity contribution in [2.75, 3.05) is 26.9 Å². The van der Waals surface area contributed by atoms with Crippen LogP contribution in [0.3, 0.4) is 0 Å². The molecule has 2 heterocycles. The second-order valence-corrected chi connectivity index (χ2v) is 7.18. The summed E-state index contributed by atoms with van der Waals surface area (Å²) in [6.45, 7) is 4.02. The minimum Gasteiger partial charge on any atom is -0.497 e. The number of ether oxygens (including phenoxy) is 1. The number of likely N-dealkylation sites (tertiary alicyclic amines) is 1. The third-order valence-corrected chi connectivity index (χ3v) is 5.44. The zero-order valence-corrected chi connectivity index (χ0v) is 15.1. The van der Waals surface area contributed by atoms with Crippen LogP contribution in [-0.4, -0.2) is 48.6 Å². The zero-order chi connectivity index (χ0) is 18.3. The van der Waals surface area contributed by atoms with Gasteiger partial charge in [0.05, 0.1) is 13.8 Å². The number of amides is 3. The van der Waals surface area contributed by atoms with E-state index in [2.05, 4.69) is 10.2 Å². The molecule has 6 nitrogen and oxygen atoms in total. The molecule has 2 saturated heterocycles. The third kappa shape index (κ3) is 2.70. The molecule has 4 rings (SSSR count). The number of nitrogens with one attached hydrogen (secondary N) is 1. The van der Waals surface area contributed by atoms with Crippen LogP contribution in [-0.2, 0) is 10.3 Å². The average Bonchev–Trinajstić information content (AvgIpc) is 3.24. The molecule has 0 aromatic heterocycles. The molecule has 0 bridgehead atoms. The number of fused-ring (bicyclic) bond motifs is 1. The van der Waals surface area contributed by atoms with Crippen LogP contribution in [0.25, 0.3) is 10.8 Å². The smallest absolute Gasteiger partial charge is 0.326 e. The largest absolute Gasteiger partial charge is 0.497 e. The molecule has 2 aliphatic rings. The van der Waals surface area contributed by atoms with Gasteiger partial charge in [-0.1, -0.05) is 18.2 Å². The first-order valence-electron chi connectivity index (χ1n) is 8.96. The molecule has 0 radical (unpaired) electrons. The first-order valence-corrected chi connectivity index (χ1v) is 8.96. The Morgan fingerprint density at radius 1 is 1.08 bits per heavy atom. The van der Waals surface area contributed by atoms with Gasteiger partial charge in [0.2, 0.25) is 0 Å². The Labute approximate surface area is 152 Å². The van der Waals surface area contributed by atoms with Crippen molar-refractivity contribution in [3.05, 3.63) is 42.0 Å². The summed E-state index contributed by atoms with van der Waals surface area (Å²) >= 11 is 0. The van der Waals surface area contributed by atoms with Gasteiger partial charge in [-0.2, -0.15) is 0 Å². The normalized spacial score (nSPS) is 23.7. The molecule has 3 amide bonds. The standard InChI is InChI=1S/C20H23N3O3/c1-20(16-7-5-15-12-17(26-2)8-6-14(15)11-16)18(24)23(19(25)21-20)13-22-9-3-4-10-22/h5-8,11-12H,3-4,9-10,13H2,1-2H3,(H,21,25)/t20-/m0/s1. The van der Waals surface area contributed by atoms with Crippen molar-refractivity contribution in [1.82, 2.24) is 15.1 Å². The van der Waals surface area contributed by atoms with E-state index in [9.17, 15) is 9.59 Å². The Hall–Kier alpha value is -2.60. The monoisotopic (exact) mass is 353 g/mol. The van der Waals surface area contributed by atoms with Crippen molar-refractivity contribution < 1.29 is 14.3 Å². The van der Waals surface area contributed by atoms with Crippen LogP contribution in [0.2, 0.25) is 0 Å². The van der Waals surface area contributed by atoms with Crippen molar-refractivity contribution in [1.29, 1.82) is 0 Å². The van der Waals surface area contributed by atoms with Crippen LogP contribution >= 0.6 is 0 Å². The van der Waals surface area contributed by atoms with Crippen LogP contribution in [0.4, 0.5) is 4.79 Å². The maximum atomic E-state index is 13.1. The minimum absolute atomic E-state index is 0.192. The van der Waals surface area contributed by atoms with Crippen molar-refractivity contribution in [3.63, 3.8) is 0 Å². The van der Waals surface area contributed by atoms with Gasteiger partial charge in [-0.05, 0) is 67.4 Å². The molecule has 136 valence electrons. The van der Waals surface area contributed by atoms with Gasteiger partial charge in [-0.15, -0.1) is 0 Å². The van der Waals surface area contributed by atoms with Gasteiger partial charge < -0.3 is 10.1 Å². The zero-order valence-electron chi connectivity index (χ0n) is 15.1. The highest BCUT2D eigenvalue weighted by Gasteiger charge is 2.49. The summed E-state index contributed by atoms with van der Waals surface area (Å²) in [7, 11) is 1.64. The highest BCUT2D eigenvalue weighted by Crippen LogP contribution is 2.32. The van der Waals surface area contributed by atoms with Gasteiger partial charge >= 0.3 is 6.03 Å². The van der Waals surface area contributed by atoms with Gasteiger partial charge in [-0.3, -0.25) is 9.69 Å². The number of imide groups is 1. The Balaban J connectivity index is 1.64. The van der Waals surface area contributed by atoms with E-state index >= 15 is 0 Å². The lowest BCUT2D eigenvalue weighted by molar-refractivity contribution is -0.132. The lowest BCUT2D eigenvalue weighted by Gasteiger charge is -2.24. The van der Waals surface area contributed by atoms with E-state index in [4.69, 9.17) is 4.74 Å². The maximum absolute atomic E-state index is 13.1. The quantitative estimate of drug-likeness (QED) is 0.859. The number of nitrogens with zero attached hydrogens (tertiary/aromatic N) is 2. The lowest BCUT2D eigenvalue weighted by Crippen LogP contribution is -2.43. The van der Waals surface area contributed by atoms with Crippen molar-refractivity contribution in [2.24, 2.45) is 0 Å². The summed E-state index contributed by atoms with van der Waals surface area (Å²) in [4.78, 5) is 29.0. The molecule has 2 aromatic carbocycles. The van der Waals surface area contributed by atoms with Crippen molar-refractivity contribution in [3.8, 4) is 5.75 Å². The first-order chi connectivity index (χ1) is 12.5. The van der Waals surface area contributed by atoms with Crippen molar-refractivity contribution in [2.45, 2.75) is 25.3 Å². The Kier molecular flexibility index (Phi) is 4.07. The number of urea groups is 1. The summed E-state index contributed by atoms with van der Waals surface area (Å²) in [5.74, 6) is 0.598. The molecule has 0 aliphatic carbocycles. The van der Waals surface area contributed by atoms with Crippen LogP contribution < -0.4 is 10.1 Å². The average molecular weight is 353 g/mol. The summed E-state index contributed by atoms with van der Waals surface area (Å²) in [6.07, 6.45) is 2.24. The highest BCUT2D eigenvalue weighted by molar-refractivity contribution is 6.07. The van der Waals surface area contributed by atoms with Gasteiger partial charge in [0.1, 0.15) is 11.3 Å². The predicted octanol–water partition coefficient (Wildman–Crippen LogP) is 2.67. The fraction of sp³-hybridized carbons (Fsp3) is 0.400. The number of rotatable bonds is 4. The van der Waals surface area contributed by atoms with E-state index < -0.39 is 5.54 Å². The molecule has 1 N–H and O–H groups in total. The molecule has 0 unspecified atom stereocenters. The molecular weight excluding hydrogens is 330 g/mol. The molecule has 0 spiro atoms. The lowest BCUT2D eigenvalue weighted by atomic mass is 9.90. The fourth-order valence-corrected chi connectivity index (χ4v) is 3.81. The van der Waals surface area contributed by atoms with Gasteiger partial charge in [-0.25, -0.2) is 9.69 Å². The summed E-state index contributed by atoms with van der Waals surface area (Å²) < 4.78 is 5.26. The van der Waals surface area contributed by atoms with Crippen LogP contribution in [0.5, 0.6) is 5.75 Å². The van der Waals surface area contributed by atoms with Gasteiger partial charge in [0.25, 0.3) is 5.91 Å². The van der Waals surface area contributed by atoms with Crippen molar-refractivity contribution >= 4 is 22.7 Å². The molecule has 2 fully saturated rings. The molecule has 2 aromatic rings. The van der Waals surface area contributed by atoms with Crippen LogP contribution in [0.1, 0.15) is 25.3 Å². The molecule has 26 heavy (non-hydrogen) atoms. The second kappa shape index (κ2) is 6.29. The maximum Gasteiger partial charge on any atom is 0.326 e. The van der Waals surface area contributed by atoms with Gasteiger partial charge in [0, 0.05) is 0 Å². The van der Waals surface area contributed by atoms with Gasteiger partial charge in [0.15, 0.2) is 0 Å². The van der Waals surface area contributed by atoms with E-state index in [0.29, 0.717) is 6.67 Å². The summed E-state index contributed by atoms with van der Waals surface area (Å²) in [5.41, 5.74) is -0.247. The molecular formula is C20H23N3O3. The number of methoxy groups -OCH3 is 1. The van der Waals surface area contributed by atoms with E-state index in [0.717, 1.165) is 48.0 Å². The number of carbonyl (C=O) groups excluding carboxylic acids is 2. The van der Waals surface area contributed by atoms with Crippen LogP contribution in [0, 0.1) is 0 Å². The van der Waals surface area contributed by atoms with E-state index in [-0.39, 0.29) is 11.9 Å². The number of hydrogen-bond acceptors (Lipinski definition) is 4. The SMILES string of the molecule is COc1ccc2cc([C@]3(C)NC(=O)N(CN4CCCC4)C3=O)ccc2c1. The first kappa shape index (κ1) is 16.8. The Bertz CT molecular complexity index is 876. The van der Waals surface area contributed by atoms with Crippen LogP contribution in [0.15, 0.2) is 36.4 Å². The Morgan fingerprint density at radius 3 is 2.50 bits per heavy atom. The summed E-state index contributed by atoms with van der Waals surface area (Å²) in [6, 6.07) is 11.3.